The van der Waals surface area contributed by atoms with Crippen molar-refractivity contribution in [3.05, 3.63) is 70.4 Å². The number of carbonyl (C=O) groups is 1. The van der Waals surface area contributed by atoms with Crippen LogP contribution in [-0.2, 0) is 4.84 Å². The molecule has 0 fully saturated rings. The quantitative estimate of drug-likeness (QED) is 0.345. The van der Waals surface area contributed by atoms with E-state index in [4.69, 9.17) is 25.8 Å². The molecule has 1 unspecified atom stereocenters. The number of nitrogens with zero attached hydrogens (tertiary/aromatic N) is 2. The number of carbonyl (C=O) groups excluding carboxylic acids is 1. The van der Waals surface area contributed by atoms with E-state index in [-0.39, 0.29) is 12.5 Å². The van der Waals surface area contributed by atoms with Crippen molar-refractivity contribution in [2.24, 2.45) is 5.16 Å². The van der Waals surface area contributed by atoms with Crippen LogP contribution < -0.4 is 26.3 Å². The van der Waals surface area contributed by atoms with Crippen molar-refractivity contribution in [3.63, 3.8) is 0 Å². The van der Waals surface area contributed by atoms with Gasteiger partial charge in [0.15, 0.2) is 0 Å². The maximum atomic E-state index is 12.4. The van der Waals surface area contributed by atoms with Crippen molar-refractivity contribution >= 4 is 28.8 Å². The van der Waals surface area contributed by atoms with Crippen molar-refractivity contribution in [2.45, 2.75) is 39.7 Å². The highest BCUT2D eigenvalue weighted by Crippen LogP contribution is 2.42. The number of rotatable bonds is 6. The molecule has 36 heavy (non-hydrogen) atoms. The smallest absolute Gasteiger partial charge is 0.257 e. The molecule has 2 heterocycles. The average molecular weight is 490 g/mol. The molecule has 0 saturated carbocycles. The van der Waals surface area contributed by atoms with E-state index in [9.17, 15) is 4.79 Å². The number of aromatic nitrogens is 1. The average Bonchev–Trinajstić information content (AvgIpc) is 2.86. The molecule has 5 N–H and O–H groups in total. The number of pyridine rings is 1. The molecule has 9 heteroatoms. The molecule has 1 aliphatic heterocycles. The van der Waals surface area contributed by atoms with E-state index in [1.165, 1.54) is 13.3 Å². The number of nitrogens with one attached hydrogen (secondary N) is 1. The van der Waals surface area contributed by atoms with Gasteiger partial charge in [0.2, 0.25) is 0 Å². The molecule has 0 spiro atoms. The van der Waals surface area contributed by atoms with Gasteiger partial charge in [-0.15, -0.1) is 0 Å². The first-order valence-electron chi connectivity index (χ1n) is 11.6. The third kappa shape index (κ3) is 4.91. The van der Waals surface area contributed by atoms with Crippen LogP contribution in [0.25, 0.3) is 0 Å². The Morgan fingerprint density at radius 1 is 1.11 bits per heavy atom. The molecule has 1 aliphatic rings. The summed E-state index contributed by atoms with van der Waals surface area (Å²) in [6, 6.07) is 10.3. The first-order valence-corrected chi connectivity index (χ1v) is 11.6. The standard InChI is InChI=1S/C27H31N5O4/c1-15-16(2)25-23(17(3)24(15)29)21(32-34-5)12-27(4,36-25)14-35-20-9-7-19(8-10-20)31-26(33)18-6-11-22(28)30-13-18/h6-11,13H,12,14,29H2,1-5H3,(H2,28,30)(H,31,33). The number of fused-ring (bicyclic) bond motifs is 1. The molecule has 0 saturated heterocycles. The maximum Gasteiger partial charge on any atom is 0.257 e. The van der Waals surface area contributed by atoms with Crippen molar-refractivity contribution in [3.8, 4) is 11.5 Å². The Labute approximate surface area is 210 Å². The summed E-state index contributed by atoms with van der Waals surface area (Å²) in [5, 5.41) is 7.12. The zero-order chi connectivity index (χ0) is 26.0. The van der Waals surface area contributed by atoms with Gasteiger partial charge in [-0.05, 0) is 80.8 Å². The lowest BCUT2D eigenvalue weighted by Gasteiger charge is -2.38. The third-order valence-corrected chi connectivity index (χ3v) is 6.40. The summed E-state index contributed by atoms with van der Waals surface area (Å²) in [6.45, 7) is 8.21. The van der Waals surface area contributed by atoms with Crippen LogP contribution in [0.2, 0.25) is 0 Å². The van der Waals surface area contributed by atoms with Gasteiger partial charge in [-0.2, -0.15) is 0 Å². The van der Waals surface area contributed by atoms with Crippen LogP contribution in [0.1, 0.15) is 46.0 Å². The highest BCUT2D eigenvalue weighted by Gasteiger charge is 2.39. The number of ether oxygens (including phenoxy) is 2. The summed E-state index contributed by atoms with van der Waals surface area (Å²) in [7, 11) is 1.53. The predicted octanol–water partition coefficient (Wildman–Crippen LogP) is 4.39. The number of nitrogen functional groups attached to an aromatic ring is 2. The Hall–Kier alpha value is -4.27. The van der Waals surface area contributed by atoms with E-state index >= 15 is 0 Å². The van der Waals surface area contributed by atoms with E-state index in [1.807, 2.05) is 27.7 Å². The van der Waals surface area contributed by atoms with Crippen LogP contribution in [0.3, 0.4) is 0 Å². The molecule has 0 bridgehead atoms. The minimum Gasteiger partial charge on any atom is -0.489 e. The largest absolute Gasteiger partial charge is 0.489 e. The van der Waals surface area contributed by atoms with E-state index < -0.39 is 5.60 Å². The molecule has 1 aromatic heterocycles. The molecule has 0 radical (unpaired) electrons. The predicted molar refractivity (Wildman–Crippen MR) is 141 cm³/mol. The first-order chi connectivity index (χ1) is 17.1. The number of hydrogen-bond acceptors (Lipinski definition) is 8. The van der Waals surface area contributed by atoms with E-state index in [2.05, 4.69) is 15.5 Å². The Kier molecular flexibility index (Phi) is 6.74. The lowest BCUT2D eigenvalue weighted by molar-refractivity contribution is 0.0353. The number of hydrogen-bond donors (Lipinski definition) is 3. The molecular weight excluding hydrogens is 458 g/mol. The highest BCUT2D eigenvalue weighted by atomic mass is 16.6. The van der Waals surface area contributed by atoms with Crippen molar-refractivity contribution < 1.29 is 19.1 Å². The molecule has 4 rings (SSSR count). The molecule has 1 amide bonds. The molecule has 0 aliphatic carbocycles. The fraction of sp³-hybridized carbons (Fsp3) is 0.296. The second-order valence-corrected chi connectivity index (χ2v) is 9.18. The third-order valence-electron chi connectivity index (χ3n) is 6.40. The normalized spacial score (nSPS) is 17.8. The van der Waals surface area contributed by atoms with Gasteiger partial charge >= 0.3 is 0 Å². The zero-order valence-corrected chi connectivity index (χ0v) is 21.1. The van der Waals surface area contributed by atoms with E-state index in [0.717, 1.165) is 39.4 Å². The molecule has 2 aromatic carbocycles. The van der Waals surface area contributed by atoms with Crippen LogP contribution in [0, 0.1) is 20.8 Å². The number of amides is 1. The Bertz CT molecular complexity index is 1320. The maximum absolute atomic E-state index is 12.4. The topological polar surface area (TPSA) is 134 Å². The summed E-state index contributed by atoms with van der Waals surface area (Å²) in [5.74, 6) is 1.48. The van der Waals surface area contributed by atoms with Gasteiger partial charge in [0.25, 0.3) is 5.91 Å². The Morgan fingerprint density at radius 2 is 1.83 bits per heavy atom. The molecular formula is C27H31N5O4. The lowest BCUT2D eigenvalue weighted by Crippen LogP contribution is -2.45. The van der Waals surface area contributed by atoms with Crippen LogP contribution in [0.4, 0.5) is 17.2 Å². The van der Waals surface area contributed by atoms with Gasteiger partial charge in [-0.3, -0.25) is 4.79 Å². The van der Waals surface area contributed by atoms with Crippen molar-refractivity contribution in [2.75, 3.05) is 30.5 Å². The minimum atomic E-state index is -0.681. The molecule has 3 aromatic rings. The summed E-state index contributed by atoms with van der Waals surface area (Å²) in [4.78, 5) is 21.5. The SMILES string of the molecule is CON=C1CC(C)(COc2ccc(NC(=O)c3ccc(N)nc3)cc2)Oc2c(C)c(C)c(N)c(C)c21. The Balaban J connectivity index is 1.48. The highest BCUT2D eigenvalue weighted by molar-refractivity contribution is 6.07. The van der Waals surface area contributed by atoms with Gasteiger partial charge in [-0.25, -0.2) is 4.98 Å². The number of anilines is 3. The molecule has 188 valence electrons. The van der Waals surface area contributed by atoms with E-state index in [1.54, 1.807) is 36.4 Å². The second-order valence-electron chi connectivity index (χ2n) is 9.18. The Morgan fingerprint density at radius 3 is 2.47 bits per heavy atom. The van der Waals surface area contributed by atoms with Crippen LogP contribution in [0.15, 0.2) is 47.8 Å². The fourth-order valence-electron chi connectivity index (χ4n) is 4.23. The van der Waals surface area contributed by atoms with Gasteiger partial charge in [0.1, 0.15) is 36.6 Å². The van der Waals surface area contributed by atoms with Gasteiger partial charge in [0.05, 0.1) is 11.3 Å². The van der Waals surface area contributed by atoms with Crippen LogP contribution >= 0.6 is 0 Å². The number of nitrogens with two attached hydrogens (primary N) is 2. The molecule has 1 atom stereocenters. The first kappa shape index (κ1) is 24.8. The van der Waals surface area contributed by atoms with Crippen LogP contribution in [0.5, 0.6) is 11.5 Å². The monoisotopic (exact) mass is 489 g/mol. The summed E-state index contributed by atoms with van der Waals surface area (Å²) >= 11 is 0. The zero-order valence-electron chi connectivity index (χ0n) is 21.1. The van der Waals surface area contributed by atoms with Gasteiger partial charge in [0, 0.05) is 29.6 Å². The second kappa shape index (κ2) is 9.77. The number of benzene rings is 2. The minimum absolute atomic E-state index is 0.274. The van der Waals surface area contributed by atoms with Gasteiger partial charge in [-0.1, -0.05) is 5.16 Å². The molecule has 9 nitrogen and oxygen atoms in total. The summed E-state index contributed by atoms with van der Waals surface area (Å²) < 4.78 is 12.6. The van der Waals surface area contributed by atoms with Crippen molar-refractivity contribution in [1.82, 2.24) is 4.98 Å². The van der Waals surface area contributed by atoms with Crippen LogP contribution in [-0.4, -0.2) is 35.9 Å². The number of oxime groups is 1. The van der Waals surface area contributed by atoms with Crippen molar-refractivity contribution in [1.29, 1.82) is 0 Å². The summed E-state index contributed by atoms with van der Waals surface area (Å²) in [6.07, 6.45) is 1.92. The van der Waals surface area contributed by atoms with Gasteiger partial charge < -0.3 is 31.1 Å². The fourth-order valence-corrected chi connectivity index (χ4v) is 4.23. The summed E-state index contributed by atoms with van der Waals surface area (Å²) in [5.41, 5.74) is 17.6. The van der Waals surface area contributed by atoms with E-state index in [0.29, 0.717) is 29.2 Å². The lowest BCUT2D eigenvalue weighted by atomic mass is 9.85.